The van der Waals surface area contributed by atoms with Crippen molar-refractivity contribution >= 4 is 31.4 Å². The minimum Gasteiger partial charge on any atom is -0.540 e. The summed E-state index contributed by atoms with van der Waals surface area (Å²) in [7, 11) is -0.529. The summed E-state index contributed by atoms with van der Waals surface area (Å²) in [5.41, 5.74) is 9.17. The maximum Gasteiger partial charge on any atom is 0.258 e. The van der Waals surface area contributed by atoms with Crippen LogP contribution >= 0.6 is 0 Å². The zero-order valence-corrected chi connectivity index (χ0v) is 28.4. The second-order valence-electron chi connectivity index (χ2n) is 13.4. The molecule has 0 amide bonds. The number of allylic oxidation sites excluding steroid dienone is 1. The number of hydrogen-bond acceptors (Lipinski definition) is 5. The van der Waals surface area contributed by atoms with Crippen LogP contribution in [0.15, 0.2) is 54.6 Å². The van der Waals surface area contributed by atoms with Crippen LogP contribution in [-0.4, -0.2) is 26.1 Å². The molecule has 5 rings (SSSR count). The zero-order valence-electron chi connectivity index (χ0n) is 27.4. The smallest absolute Gasteiger partial charge is 0.258 e. The van der Waals surface area contributed by atoms with Gasteiger partial charge in [0, 0.05) is 22.4 Å². The summed E-state index contributed by atoms with van der Waals surface area (Å²) < 4.78 is 20.2. The fourth-order valence-electron chi connectivity index (χ4n) is 7.52. The summed E-state index contributed by atoms with van der Waals surface area (Å²) in [6, 6.07) is 16.3. The average molecular weight is 598 g/mol. The van der Waals surface area contributed by atoms with Crippen molar-refractivity contribution in [2.24, 2.45) is 0 Å². The van der Waals surface area contributed by atoms with E-state index >= 15 is 0 Å². The Morgan fingerprint density at radius 3 is 2.21 bits per heavy atom. The number of hydrogen-bond donors (Lipinski definition) is 2. The van der Waals surface area contributed by atoms with Crippen LogP contribution in [0.3, 0.4) is 0 Å². The molecule has 5 nitrogen and oxygen atoms in total. The van der Waals surface area contributed by atoms with Crippen molar-refractivity contribution in [1.82, 2.24) is 0 Å². The molecule has 0 saturated carbocycles. The molecule has 0 atom stereocenters. The van der Waals surface area contributed by atoms with Crippen LogP contribution in [0.25, 0.3) is 28.5 Å². The lowest BCUT2D eigenvalue weighted by atomic mass is 9.82. The summed E-state index contributed by atoms with van der Waals surface area (Å²) in [5.74, 6) is 2.94. The van der Waals surface area contributed by atoms with Gasteiger partial charge in [-0.2, -0.15) is 0 Å². The Morgan fingerprint density at radius 2 is 1.58 bits per heavy atom. The highest BCUT2D eigenvalue weighted by Crippen LogP contribution is 2.55. The van der Waals surface area contributed by atoms with Crippen molar-refractivity contribution in [3.63, 3.8) is 0 Å². The quantitative estimate of drug-likeness (QED) is 0.253. The van der Waals surface area contributed by atoms with Gasteiger partial charge in [-0.3, -0.25) is 0 Å². The van der Waals surface area contributed by atoms with Crippen molar-refractivity contribution in [2.75, 3.05) is 12.4 Å². The number of fused-ring (bicyclic) bond motifs is 5. The number of rotatable bonds is 8. The zero-order chi connectivity index (χ0) is 31.3. The van der Waals surface area contributed by atoms with Crippen LogP contribution in [0.2, 0.25) is 16.6 Å². The molecule has 0 spiro atoms. The second kappa shape index (κ2) is 11.5. The summed E-state index contributed by atoms with van der Waals surface area (Å²) in [6.07, 6.45) is 4.32. The second-order valence-corrected chi connectivity index (χ2v) is 18.8. The van der Waals surface area contributed by atoms with E-state index < -0.39 is 8.32 Å². The van der Waals surface area contributed by atoms with Gasteiger partial charge in [-0.1, -0.05) is 78.0 Å². The molecular weight excluding hydrogens is 550 g/mol. The molecule has 0 saturated heterocycles. The van der Waals surface area contributed by atoms with Crippen LogP contribution in [0.1, 0.15) is 84.6 Å². The van der Waals surface area contributed by atoms with E-state index in [0.29, 0.717) is 22.4 Å². The third-order valence-corrected chi connectivity index (χ3v) is 15.2. The first kappa shape index (κ1) is 31.0. The SMILES string of the molecule is COc1c(O[Si](C(C)C)(C(C)C)C(C)C)ccc2c1-c1ccc3c(c1C(=Cc1ccccc1CO)O2)C(C)=CC(C)(C)N3. The van der Waals surface area contributed by atoms with Gasteiger partial charge in [-0.25, -0.2) is 0 Å². The molecule has 2 aliphatic rings. The number of ether oxygens (including phenoxy) is 2. The predicted molar refractivity (Wildman–Crippen MR) is 182 cm³/mol. The summed E-state index contributed by atoms with van der Waals surface area (Å²) in [6.45, 7) is 20.3. The van der Waals surface area contributed by atoms with Gasteiger partial charge in [0.25, 0.3) is 8.32 Å². The number of nitrogens with one attached hydrogen (secondary N) is 1. The van der Waals surface area contributed by atoms with E-state index in [0.717, 1.165) is 56.3 Å². The lowest BCUT2D eigenvalue weighted by molar-refractivity contribution is 0.281. The van der Waals surface area contributed by atoms with Gasteiger partial charge >= 0.3 is 0 Å². The first-order valence-electron chi connectivity index (χ1n) is 15.5. The van der Waals surface area contributed by atoms with E-state index in [2.05, 4.69) is 85.8 Å². The Kier molecular flexibility index (Phi) is 8.31. The third-order valence-electron chi connectivity index (χ3n) is 9.16. The molecule has 2 heterocycles. The predicted octanol–water partition coefficient (Wildman–Crippen LogP) is 9.91. The van der Waals surface area contributed by atoms with Crippen LogP contribution in [0.4, 0.5) is 5.69 Å². The molecule has 0 unspecified atom stereocenters. The highest BCUT2D eigenvalue weighted by Gasteiger charge is 2.48. The summed E-state index contributed by atoms with van der Waals surface area (Å²) in [4.78, 5) is 0. The normalized spacial score (nSPS) is 16.3. The number of aliphatic hydroxyl groups is 1. The van der Waals surface area contributed by atoms with E-state index in [1.54, 1.807) is 7.11 Å². The Morgan fingerprint density at radius 1 is 0.907 bits per heavy atom. The van der Waals surface area contributed by atoms with Gasteiger partial charge in [-0.05, 0) is 78.4 Å². The van der Waals surface area contributed by atoms with E-state index in [4.69, 9.17) is 13.9 Å². The maximum absolute atomic E-state index is 10.1. The molecule has 0 aromatic heterocycles. The van der Waals surface area contributed by atoms with Gasteiger partial charge in [0.2, 0.25) is 0 Å². The van der Waals surface area contributed by atoms with Crippen LogP contribution < -0.4 is 19.2 Å². The maximum atomic E-state index is 10.1. The van der Waals surface area contributed by atoms with Crippen LogP contribution in [0, 0.1) is 0 Å². The Bertz CT molecular complexity index is 1580. The molecule has 0 radical (unpaired) electrons. The van der Waals surface area contributed by atoms with Crippen molar-refractivity contribution in [3.8, 4) is 28.4 Å². The lowest BCUT2D eigenvalue weighted by Gasteiger charge is -2.42. The van der Waals surface area contributed by atoms with Gasteiger partial charge in [-0.15, -0.1) is 0 Å². The molecule has 2 aliphatic heterocycles. The minimum atomic E-state index is -2.25. The molecule has 6 heteroatoms. The van der Waals surface area contributed by atoms with Gasteiger partial charge in [0.15, 0.2) is 5.75 Å². The molecule has 0 bridgehead atoms. The third kappa shape index (κ3) is 5.29. The highest BCUT2D eigenvalue weighted by molar-refractivity contribution is 6.78. The molecule has 3 aromatic rings. The average Bonchev–Trinajstić information content (AvgIpc) is 2.94. The Labute approximate surface area is 258 Å². The molecule has 0 aliphatic carbocycles. The van der Waals surface area contributed by atoms with Gasteiger partial charge in [0.1, 0.15) is 17.3 Å². The van der Waals surface area contributed by atoms with Crippen molar-refractivity contribution < 1.29 is 19.0 Å². The summed E-state index contributed by atoms with van der Waals surface area (Å²) >= 11 is 0. The van der Waals surface area contributed by atoms with Crippen molar-refractivity contribution in [1.29, 1.82) is 0 Å². The fraction of sp³-hybridized carbons (Fsp3) is 0.405. The number of methoxy groups -OCH3 is 1. The van der Waals surface area contributed by atoms with Gasteiger partial charge < -0.3 is 24.3 Å². The molecule has 2 N–H and O–H groups in total. The van der Waals surface area contributed by atoms with E-state index in [1.807, 2.05) is 42.5 Å². The lowest BCUT2D eigenvalue weighted by Crippen LogP contribution is -2.50. The summed E-state index contributed by atoms with van der Waals surface area (Å²) in [5, 5.41) is 13.8. The Hall–Kier alpha value is -3.48. The van der Waals surface area contributed by atoms with E-state index in [1.165, 1.54) is 5.57 Å². The largest absolute Gasteiger partial charge is 0.540 e. The van der Waals surface area contributed by atoms with Crippen molar-refractivity contribution in [3.05, 3.63) is 76.9 Å². The van der Waals surface area contributed by atoms with Crippen molar-refractivity contribution in [2.45, 2.75) is 91.1 Å². The number of aliphatic hydroxyl groups excluding tert-OH is 1. The molecular formula is C37H47NO4Si. The first-order chi connectivity index (χ1) is 20.3. The van der Waals surface area contributed by atoms with Crippen LogP contribution in [0.5, 0.6) is 17.2 Å². The van der Waals surface area contributed by atoms with Crippen LogP contribution in [-0.2, 0) is 6.61 Å². The molecule has 43 heavy (non-hydrogen) atoms. The molecule has 3 aromatic carbocycles. The standard InChI is InChI=1S/C37H47NO4Si/c1-22(2)43(23(3)4,24(5)6)42-31-18-17-30-35(36(31)40-10)28-15-16-29-33(25(7)20-37(8,9)38-29)34(28)32(41-30)19-26-13-11-12-14-27(26)21-39/h11-20,22-24,38-39H,21H2,1-10H3. The Balaban J connectivity index is 1.79. The minimum absolute atomic E-state index is 0.0489. The number of benzene rings is 3. The fourth-order valence-corrected chi connectivity index (χ4v) is 12.8. The highest BCUT2D eigenvalue weighted by atomic mass is 28.4. The molecule has 0 fully saturated rings. The first-order valence-corrected chi connectivity index (χ1v) is 17.6. The van der Waals surface area contributed by atoms with E-state index in [9.17, 15) is 5.11 Å². The molecule has 228 valence electrons. The van der Waals surface area contributed by atoms with Gasteiger partial charge in [0.05, 0.1) is 24.8 Å². The monoisotopic (exact) mass is 597 g/mol. The van der Waals surface area contributed by atoms with E-state index in [-0.39, 0.29) is 12.1 Å². The topological polar surface area (TPSA) is 60.0 Å². The number of anilines is 1.